The van der Waals surface area contributed by atoms with Gasteiger partial charge in [0.05, 0.1) is 4.90 Å². The summed E-state index contributed by atoms with van der Waals surface area (Å²) in [7, 11) is -3.65. The lowest BCUT2D eigenvalue weighted by atomic mass is 10.3. The first-order valence-electron chi connectivity index (χ1n) is 7.14. The monoisotopic (exact) mass is 394 g/mol. The van der Waals surface area contributed by atoms with Gasteiger partial charge >= 0.3 is 0 Å². The summed E-state index contributed by atoms with van der Waals surface area (Å²) in [6.45, 7) is 0.683. The van der Waals surface area contributed by atoms with Gasteiger partial charge in [0.15, 0.2) is 0 Å². The van der Waals surface area contributed by atoms with Gasteiger partial charge in [-0.05, 0) is 55.0 Å². The van der Waals surface area contributed by atoms with Gasteiger partial charge in [-0.3, -0.25) is 9.52 Å². The van der Waals surface area contributed by atoms with Crippen molar-refractivity contribution in [1.29, 1.82) is 0 Å². The van der Waals surface area contributed by atoms with Crippen LogP contribution in [-0.4, -0.2) is 20.9 Å². The van der Waals surface area contributed by atoms with Crippen LogP contribution in [0.25, 0.3) is 0 Å². The predicted octanol–water partition coefficient (Wildman–Crippen LogP) is 3.38. The van der Waals surface area contributed by atoms with E-state index in [4.69, 9.17) is 0 Å². The molecule has 0 unspecified atom stereocenters. The highest BCUT2D eigenvalue weighted by molar-refractivity contribution is 9.10. The van der Waals surface area contributed by atoms with Crippen molar-refractivity contribution in [3.05, 3.63) is 53.0 Å². The maximum absolute atomic E-state index is 12.4. The zero-order valence-corrected chi connectivity index (χ0v) is 14.6. The molecule has 3 rings (SSSR count). The number of hydrogen-bond donors (Lipinski definition) is 1. The Bertz CT molecular complexity index is 817. The lowest BCUT2D eigenvalue weighted by molar-refractivity contribution is -0.117. The average molecular weight is 395 g/mol. The molecule has 1 heterocycles. The van der Waals surface area contributed by atoms with Crippen LogP contribution < -0.4 is 9.62 Å². The van der Waals surface area contributed by atoms with Gasteiger partial charge in [0, 0.05) is 28.8 Å². The van der Waals surface area contributed by atoms with Gasteiger partial charge in [-0.25, -0.2) is 8.42 Å². The third-order valence-electron chi connectivity index (χ3n) is 3.63. The third kappa shape index (κ3) is 3.56. The normalized spacial score (nSPS) is 15.0. The van der Waals surface area contributed by atoms with E-state index < -0.39 is 10.0 Å². The standard InChI is InChI=1S/C16H15BrN2O3S/c17-12-3-5-13(6-4-12)18-23(21,22)15-9-7-14(8-10-15)19-11-1-2-16(19)20/h3-10,18H,1-2,11H2. The van der Waals surface area contributed by atoms with Crippen molar-refractivity contribution in [2.75, 3.05) is 16.2 Å². The fraction of sp³-hybridized carbons (Fsp3) is 0.188. The lowest BCUT2D eigenvalue weighted by Gasteiger charge is -2.16. The molecular weight excluding hydrogens is 380 g/mol. The molecule has 0 bridgehead atoms. The topological polar surface area (TPSA) is 66.5 Å². The molecule has 0 atom stereocenters. The van der Waals surface area contributed by atoms with Gasteiger partial charge in [0.25, 0.3) is 10.0 Å². The van der Waals surface area contributed by atoms with Crippen LogP contribution in [0.4, 0.5) is 11.4 Å². The van der Waals surface area contributed by atoms with E-state index in [0.717, 1.165) is 16.6 Å². The number of benzene rings is 2. The van der Waals surface area contributed by atoms with E-state index >= 15 is 0 Å². The highest BCUT2D eigenvalue weighted by Crippen LogP contribution is 2.24. The molecule has 1 aliphatic rings. The Morgan fingerprint density at radius 2 is 1.65 bits per heavy atom. The van der Waals surface area contributed by atoms with Crippen molar-refractivity contribution < 1.29 is 13.2 Å². The summed E-state index contributed by atoms with van der Waals surface area (Å²) in [6, 6.07) is 13.3. The Morgan fingerprint density at radius 3 is 2.22 bits per heavy atom. The van der Waals surface area contributed by atoms with E-state index in [1.807, 2.05) is 0 Å². The van der Waals surface area contributed by atoms with Crippen LogP contribution in [0.3, 0.4) is 0 Å². The minimum Gasteiger partial charge on any atom is -0.312 e. The fourth-order valence-electron chi connectivity index (χ4n) is 2.46. The van der Waals surface area contributed by atoms with Gasteiger partial charge in [-0.2, -0.15) is 0 Å². The molecule has 2 aromatic carbocycles. The van der Waals surface area contributed by atoms with Crippen LogP contribution in [0.15, 0.2) is 57.9 Å². The molecular formula is C16H15BrN2O3S. The fourth-order valence-corrected chi connectivity index (χ4v) is 3.78. The van der Waals surface area contributed by atoms with Crippen molar-refractivity contribution >= 4 is 43.2 Å². The Kier molecular flexibility index (Phi) is 4.41. The number of hydrogen-bond acceptors (Lipinski definition) is 3. The maximum Gasteiger partial charge on any atom is 0.261 e. The molecule has 120 valence electrons. The number of nitrogens with one attached hydrogen (secondary N) is 1. The molecule has 2 aromatic rings. The second-order valence-corrected chi connectivity index (χ2v) is 7.85. The zero-order valence-electron chi connectivity index (χ0n) is 12.2. The number of sulfonamides is 1. The number of amides is 1. The van der Waals surface area contributed by atoms with Gasteiger partial charge < -0.3 is 4.90 Å². The van der Waals surface area contributed by atoms with Crippen LogP contribution in [0, 0.1) is 0 Å². The number of rotatable bonds is 4. The average Bonchev–Trinajstić information content (AvgIpc) is 2.96. The number of anilines is 2. The zero-order chi connectivity index (χ0) is 16.4. The SMILES string of the molecule is O=C1CCCN1c1ccc(S(=O)(=O)Nc2ccc(Br)cc2)cc1. The van der Waals surface area contributed by atoms with Crippen molar-refractivity contribution in [3.8, 4) is 0 Å². The van der Waals surface area contributed by atoms with Gasteiger partial charge in [-0.1, -0.05) is 15.9 Å². The Balaban J connectivity index is 1.80. The molecule has 1 saturated heterocycles. The van der Waals surface area contributed by atoms with E-state index in [1.54, 1.807) is 41.3 Å². The van der Waals surface area contributed by atoms with Gasteiger partial charge in [-0.15, -0.1) is 0 Å². The third-order valence-corrected chi connectivity index (χ3v) is 5.55. The number of carbonyl (C=O) groups is 1. The highest BCUT2D eigenvalue weighted by atomic mass is 79.9. The minimum atomic E-state index is -3.65. The van der Waals surface area contributed by atoms with E-state index in [0.29, 0.717) is 18.7 Å². The van der Waals surface area contributed by atoms with Crippen LogP contribution in [0.5, 0.6) is 0 Å². The Hall–Kier alpha value is -1.86. The quantitative estimate of drug-likeness (QED) is 0.863. The van der Waals surface area contributed by atoms with Crippen molar-refractivity contribution in [2.45, 2.75) is 17.7 Å². The molecule has 0 radical (unpaired) electrons. The molecule has 0 spiro atoms. The van der Waals surface area contributed by atoms with E-state index in [9.17, 15) is 13.2 Å². The van der Waals surface area contributed by atoms with Crippen molar-refractivity contribution in [1.82, 2.24) is 0 Å². The van der Waals surface area contributed by atoms with Crippen LogP contribution in [0.1, 0.15) is 12.8 Å². The first-order chi connectivity index (χ1) is 11.0. The number of carbonyl (C=O) groups excluding carboxylic acids is 1. The molecule has 1 N–H and O–H groups in total. The molecule has 5 nitrogen and oxygen atoms in total. The number of nitrogens with zero attached hydrogens (tertiary/aromatic N) is 1. The first kappa shape index (κ1) is 16.0. The summed E-state index contributed by atoms with van der Waals surface area (Å²) in [5.41, 5.74) is 1.22. The second kappa shape index (κ2) is 6.33. The van der Waals surface area contributed by atoms with Crippen molar-refractivity contribution in [2.24, 2.45) is 0 Å². The Morgan fingerprint density at radius 1 is 1.00 bits per heavy atom. The van der Waals surface area contributed by atoms with Crippen molar-refractivity contribution in [3.63, 3.8) is 0 Å². The van der Waals surface area contributed by atoms with E-state index in [2.05, 4.69) is 20.7 Å². The summed E-state index contributed by atoms with van der Waals surface area (Å²) in [5.74, 6) is 0.0774. The highest BCUT2D eigenvalue weighted by Gasteiger charge is 2.22. The maximum atomic E-state index is 12.4. The van der Waals surface area contributed by atoms with Crippen LogP contribution >= 0.6 is 15.9 Å². The van der Waals surface area contributed by atoms with Gasteiger partial charge in [0.2, 0.25) is 5.91 Å². The molecule has 1 fully saturated rings. The summed E-state index contributed by atoms with van der Waals surface area (Å²) >= 11 is 3.31. The molecule has 7 heteroatoms. The van der Waals surface area contributed by atoms with E-state index in [-0.39, 0.29) is 10.8 Å². The van der Waals surface area contributed by atoms with Crippen LogP contribution in [0.2, 0.25) is 0 Å². The first-order valence-corrected chi connectivity index (χ1v) is 9.42. The number of halogens is 1. The summed E-state index contributed by atoms with van der Waals surface area (Å²) < 4.78 is 28.2. The van der Waals surface area contributed by atoms with Gasteiger partial charge in [0.1, 0.15) is 0 Å². The molecule has 23 heavy (non-hydrogen) atoms. The molecule has 0 aromatic heterocycles. The lowest BCUT2D eigenvalue weighted by Crippen LogP contribution is -2.23. The molecule has 0 saturated carbocycles. The predicted molar refractivity (Wildman–Crippen MR) is 93.0 cm³/mol. The Labute approximate surface area is 143 Å². The van der Waals surface area contributed by atoms with E-state index in [1.165, 1.54) is 12.1 Å². The second-order valence-electron chi connectivity index (χ2n) is 5.26. The minimum absolute atomic E-state index is 0.0774. The molecule has 1 amide bonds. The van der Waals surface area contributed by atoms with Crippen LogP contribution in [-0.2, 0) is 14.8 Å². The summed E-state index contributed by atoms with van der Waals surface area (Å²) in [4.78, 5) is 13.6. The largest absolute Gasteiger partial charge is 0.312 e. The smallest absolute Gasteiger partial charge is 0.261 e. The molecule has 1 aliphatic heterocycles. The molecule has 0 aliphatic carbocycles. The summed E-state index contributed by atoms with van der Waals surface area (Å²) in [5, 5.41) is 0. The summed E-state index contributed by atoms with van der Waals surface area (Å²) in [6.07, 6.45) is 1.38.